The van der Waals surface area contributed by atoms with E-state index in [1.54, 1.807) is 0 Å². The zero-order chi connectivity index (χ0) is 16.4. The third-order valence-corrected chi connectivity index (χ3v) is 5.46. The normalized spacial score (nSPS) is 13.0. The van der Waals surface area contributed by atoms with E-state index in [2.05, 4.69) is 31.2 Å². The van der Waals surface area contributed by atoms with Crippen LogP contribution in [0.1, 0.15) is 23.2 Å². The molecule has 5 nitrogen and oxygen atoms in total. The molecule has 1 aliphatic rings. The van der Waals surface area contributed by atoms with E-state index >= 15 is 0 Å². The van der Waals surface area contributed by atoms with Gasteiger partial charge in [-0.15, -0.1) is 0 Å². The average molecular weight is 394 g/mol. The molecular formula is C16H16BrN3O2S. The first kappa shape index (κ1) is 16.3. The van der Waals surface area contributed by atoms with Gasteiger partial charge in [0.1, 0.15) is 0 Å². The molecule has 0 aliphatic heterocycles. The molecule has 2 aromatic rings. The minimum atomic E-state index is -0.125. The van der Waals surface area contributed by atoms with Gasteiger partial charge < -0.3 is 10.3 Å². The van der Waals surface area contributed by atoms with Gasteiger partial charge in [-0.25, -0.2) is 4.98 Å². The molecule has 1 heterocycles. The van der Waals surface area contributed by atoms with Gasteiger partial charge in [-0.3, -0.25) is 9.59 Å². The maximum atomic E-state index is 12.0. The number of fused-ring (bicyclic) bond motifs is 1. The summed E-state index contributed by atoms with van der Waals surface area (Å²) in [6.07, 6.45) is 2.62. The minimum absolute atomic E-state index is 0.0704. The van der Waals surface area contributed by atoms with Gasteiger partial charge in [-0.2, -0.15) is 0 Å². The lowest BCUT2D eigenvalue weighted by Gasteiger charge is -2.07. The molecular weight excluding hydrogens is 378 g/mol. The van der Waals surface area contributed by atoms with E-state index in [1.807, 2.05) is 25.1 Å². The van der Waals surface area contributed by atoms with E-state index in [1.165, 1.54) is 11.8 Å². The Morgan fingerprint density at radius 2 is 2.26 bits per heavy atom. The molecule has 0 bridgehead atoms. The summed E-state index contributed by atoms with van der Waals surface area (Å²) in [5.41, 5.74) is 3.41. The lowest BCUT2D eigenvalue weighted by Crippen LogP contribution is -2.17. The van der Waals surface area contributed by atoms with E-state index in [0.717, 1.165) is 46.2 Å². The summed E-state index contributed by atoms with van der Waals surface area (Å²) in [4.78, 5) is 31.2. The first-order valence-corrected chi connectivity index (χ1v) is 9.11. The highest BCUT2D eigenvalue weighted by atomic mass is 79.9. The predicted molar refractivity (Wildman–Crippen MR) is 95.1 cm³/mol. The number of anilines is 1. The fourth-order valence-electron chi connectivity index (χ4n) is 2.54. The monoisotopic (exact) mass is 393 g/mol. The van der Waals surface area contributed by atoms with Crippen LogP contribution in [0.3, 0.4) is 0 Å². The standard InChI is InChI=1S/C16H16BrN3O2S/c1-9-7-10(5-6-12(9)17)18-14(21)8-23-16-19-13-4-2-3-11(13)15(22)20-16/h5-7H,2-4,8H2,1H3,(H,18,21)(H,19,20,22). The smallest absolute Gasteiger partial charge is 0.254 e. The number of H-pyrrole nitrogens is 1. The third-order valence-electron chi connectivity index (χ3n) is 3.70. The van der Waals surface area contributed by atoms with Crippen LogP contribution >= 0.6 is 27.7 Å². The second-order valence-corrected chi connectivity index (χ2v) is 7.27. The number of hydrogen-bond donors (Lipinski definition) is 2. The van der Waals surface area contributed by atoms with Crippen molar-refractivity contribution in [2.75, 3.05) is 11.1 Å². The quantitative estimate of drug-likeness (QED) is 0.618. The Bertz CT molecular complexity index is 819. The average Bonchev–Trinajstić information content (AvgIpc) is 2.98. The van der Waals surface area contributed by atoms with Gasteiger partial charge in [0.25, 0.3) is 5.56 Å². The molecule has 0 unspecified atom stereocenters. The number of aryl methyl sites for hydroxylation is 2. The molecule has 1 aliphatic carbocycles. The molecule has 1 amide bonds. The minimum Gasteiger partial charge on any atom is -0.325 e. The summed E-state index contributed by atoms with van der Waals surface area (Å²) in [7, 11) is 0. The van der Waals surface area contributed by atoms with Crippen LogP contribution in [-0.4, -0.2) is 21.6 Å². The van der Waals surface area contributed by atoms with E-state index < -0.39 is 0 Å². The Balaban J connectivity index is 1.62. The summed E-state index contributed by atoms with van der Waals surface area (Å²) < 4.78 is 1.00. The number of hydrogen-bond acceptors (Lipinski definition) is 4. The Morgan fingerprint density at radius 1 is 1.43 bits per heavy atom. The van der Waals surface area contributed by atoms with Crippen molar-refractivity contribution in [2.45, 2.75) is 31.3 Å². The summed E-state index contributed by atoms with van der Waals surface area (Å²) in [5.74, 6) is 0.0801. The Kier molecular flexibility index (Phi) is 4.87. The predicted octanol–water partition coefficient (Wildman–Crippen LogP) is 3.06. The van der Waals surface area contributed by atoms with Crippen molar-refractivity contribution in [3.63, 3.8) is 0 Å². The van der Waals surface area contributed by atoms with Crippen molar-refractivity contribution in [3.8, 4) is 0 Å². The number of carbonyl (C=O) groups excluding carboxylic acids is 1. The van der Waals surface area contributed by atoms with Crippen molar-refractivity contribution in [2.24, 2.45) is 0 Å². The second-order valence-electron chi connectivity index (χ2n) is 5.45. The maximum absolute atomic E-state index is 12.0. The fraction of sp³-hybridized carbons (Fsp3) is 0.312. The van der Waals surface area contributed by atoms with Crippen molar-refractivity contribution >= 4 is 39.3 Å². The molecule has 0 spiro atoms. The molecule has 0 saturated heterocycles. The first-order chi connectivity index (χ1) is 11.0. The van der Waals surface area contributed by atoms with Gasteiger partial charge in [0.15, 0.2) is 5.16 Å². The third kappa shape index (κ3) is 3.84. The lowest BCUT2D eigenvalue weighted by atomic mass is 10.2. The number of benzene rings is 1. The fourth-order valence-corrected chi connectivity index (χ4v) is 3.47. The number of nitrogens with one attached hydrogen (secondary N) is 2. The first-order valence-electron chi connectivity index (χ1n) is 7.34. The van der Waals surface area contributed by atoms with Gasteiger partial charge in [-0.05, 0) is 49.9 Å². The summed E-state index contributed by atoms with van der Waals surface area (Å²) in [6.45, 7) is 1.97. The van der Waals surface area contributed by atoms with Gasteiger partial charge in [0, 0.05) is 15.7 Å². The van der Waals surface area contributed by atoms with Crippen molar-refractivity contribution in [3.05, 3.63) is 49.8 Å². The Labute approximate surface area is 146 Å². The zero-order valence-corrected chi connectivity index (χ0v) is 15.0. The largest absolute Gasteiger partial charge is 0.325 e. The molecule has 1 aromatic heterocycles. The summed E-state index contributed by atoms with van der Waals surface area (Å²) >= 11 is 4.68. The molecule has 120 valence electrons. The van der Waals surface area contributed by atoms with Crippen LogP contribution in [0.4, 0.5) is 5.69 Å². The zero-order valence-electron chi connectivity index (χ0n) is 12.6. The molecule has 23 heavy (non-hydrogen) atoms. The number of aromatic amines is 1. The molecule has 7 heteroatoms. The van der Waals surface area contributed by atoms with E-state index in [4.69, 9.17) is 0 Å². The van der Waals surface area contributed by atoms with Crippen LogP contribution < -0.4 is 10.9 Å². The number of halogens is 1. The Hall–Kier alpha value is -1.60. The van der Waals surface area contributed by atoms with Gasteiger partial charge in [0.2, 0.25) is 5.91 Å². The van der Waals surface area contributed by atoms with E-state index in [9.17, 15) is 9.59 Å². The highest BCUT2D eigenvalue weighted by Crippen LogP contribution is 2.21. The summed E-state index contributed by atoms with van der Waals surface area (Å²) in [5, 5.41) is 3.36. The van der Waals surface area contributed by atoms with Crippen LogP contribution in [0.15, 0.2) is 32.6 Å². The van der Waals surface area contributed by atoms with Gasteiger partial charge in [0.05, 0.1) is 11.4 Å². The van der Waals surface area contributed by atoms with E-state index in [0.29, 0.717) is 5.16 Å². The SMILES string of the molecule is Cc1cc(NC(=O)CSc2nc3c(c(=O)[nH]2)CCC3)ccc1Br. The molecule has 0 atom stereocenters. The molecule has 0 saturated carbocycles. The molecule has 0 fully saturated rings. The number of carbonyl (C=O) groups is 1. The topological polar surface area (TPSA) is 74.8 Å². The van der Waals surface area contributed by atoms with Crippen LogP contribution in [0.5, 0.6) is 0 Å². The highest BCUT2D eigenvalue weighted by molar-refractivity contribution is 9.10. The number of amides is 1. The number of nitrogens with zero attached hydrogens (tertiary/aromatic N) is 1. The number of thioether (sulfide) groups is 1. The van der Waals surface area contributed by atoms with Crippen molar-refractivity contribution in [1.29, 1.82) is 0 Å². The lowest BCUT2D eigenvalue weighted by molar-refractivity contribution is -0.113. The van der Waals surface area contributed by atoms with Crippen LogP contribution in [0.2, 0.25) is 0 Å². The van der Waals surface area contributed by atoms with E-state index in [-0.39, 0.29) is 17.2 Å². The highest BCUT2D eigenvalue weighted by Gasteiger charge is 2.17. The number of rotatable bonds is 4. The van der Waals surface area contributed by atoms with Crippen LogP contribution in [-0.2, 0) is 17.6 Å². The van der Waals surface area contributed by atoms with Crippen LogP contribution in [0.25, 0.3) is 0 Å². The molecule has 0 radical (unpaired) electrons. The van der Waals surface area contributed by atoms with Crippen LogP contribution in [0, 0.1) is 6.92 Å². The van der Waals surface area contributed by atoms with Gasteiger partial charge >= 0.3 is 0 Å². The summed E-state index contributed by atoms with van der Waals surface area (Å²) in [6, 6.07) is 5.65. The molecule has 1 aromatic carbocycles. The number of aromatic nitrogens is 2. The van der Waals surface area contributed by atoms with Gasteiger partial charge in [-0.1, -0.05) is 27.7 Å². The second kappa shape index (κ2) is 6.88. The maximum Gasteiger partial charge on any atom is 0.254 e. The van der Waals surface area contributed by atoms with Crippen molar-refractivity contribution in [1.82, 2.24) is 9.97 Å². The molecule has 3 rings (SSSR count). The Morgan fingerprint density at radius 3 is 3.04 bits per heavy atom. The molecule has 2 N–H and O–H groups in total. The van der Waals surface area contributed by atoms with Crippen molar-refractivity contribution < 1.29 is 4.79 Å².